The second kappa shape index (κ2) is 13.9. The van der Waals surface area contributed by atoms with Crippen LogP contribution in [0.1, 0.15) is 47.1 Å². The van der Waals surface area contributed by atoms with E-state index in [1.807, 2.05) is 44.2 Å². The topological polar surface area (TPSA) is 77.5 Å². The van der Waals surface area contributed by atoms with Gasteiger partial charge in [-0.1, -0.05) is 60.7 Å². The number of hydrogen-bond donors (Lipinski definition) is 0. The zero-order valence-corrected chi connectivity index (χ0v) is 24.9. The Balaban J connectivity index is 2.19. The van der Waals surface area contributed by atoms with Gasteiger partial charge in [0.1, 0.15) is 11.5 Å². The highest BCUT2D eigenvalue weighted by atomic mass is 32.2. The normalized spacial score (nSPS) is 13.9. The van der Waals surface area contributed by atoms with Crippen molar-refractivity contribution in [1.29, 1.82) is 0 Å². The van der Waals surface area contributed by atoms with Gasteiger partial charge in [-0.15, -0.1) is 0 Å². The van der Waals surface area contributed by atoms with E-state index in [1.54, 1.807) is 57.2 Å². The van der Waals surface area contributed by atoms with Gasteiger partial charge in [-0.3, -0.25) is 0 Å². The van der Waals surface area contributed by atoms with Gasteiger partial charge >= 0.3 is 0 Å². The zero-order valence-electron chi connectivity index (χ0n) is 23.3. The molecule has 7 heteroatoms. The van der Waals surface area contributed by atoms with E-state index in [0.717, 1.165) is 5.57 Å². The molecular weight excluding hydrogens is 528 g/mol. The summed E-state index contributed by atoms with van der Waals surface area (Å²) >= 11 is 0. The highest BCUT2D eigenvalue weighted by molar-refractivity contribution is 7.99. The first-order chi connectivity index (χ1) is 18.3. The van der Waals surface area contributed by atoms with E-state index in [2.05, 4.69) is 6.58 Å². The van der Waals surface area contributed by atoms with Crippen LogP contribution in [0.4, 0.5) is 0 Å². The first-order valence-corrected chi connectivity index (χ1v) is 15.3. The fraction of sp³-hybridized carbons (Fsp3) is 0.188. The van der Waals surface area contributed by atoms with Crippen LogP contribution in [0.2, 0.25) is 0 Å². The van der Waals surface area contributed by atoms with Crippen LogP contribution in [0.15, 0.2) is 135 Å². The Kier molecular flexibility index (Phi) is 11.3. The van der Waals surface area contributed by atoms with E-state index in [0.29, 0.717) is 22.6 Å². The van der Waals surface area contributed by atoms with E-state index < -0.39 is 19.7 Å². The average Bonchev–Trinajstić information content (AvgIpc) is 2.90. The fourth-order valence-electron chi connectivity index (χ4n) is 3.25. The predicted molar refractivity (Wildman–Crippen MR) is 162 cm³/mol. The van der Waals surface area contributed by atoms with Gasteiger partial charge in [0, 0.05) is 9.81 Å². The van der Waals surface area contributed by atoms with Gasteiger partial charge in [0.25, 0.3) is 0 Å². The van der Waals surface area contributed by atoms with Crippen LogP contribution >= 0.6 is 0 Å². The van der Waals surface area contributed by atoms with Crippen molar-refractivity contribution in [2.24, 2.45) is 0 Å². The van der Waals surface area contributed by atoms with Crippen molar-refractivity contribution < 1.29 is 21.6 Å². The summed E-state index contributed by atoms with van der Waals surface area (Å²) in [5, 5.41) is 0. The Bertz CT molecular complexity index is 1580. The van der Waals surface area contributed by atoms with Crippen LogP contribution in [0.25, 0.3) is 5.57 Å². The number of sulfone groups is 2. The Morgan fingerprint density at radius 3 is 1.90 bits per heavy atom. The number of allylic oxidation sites excluding steroid dienone is 12. The van der Waals surface area contributed by atoms with E-state index in [9.17, 15) is 16.8 Å². The minimum atomic E-state index is -3.74. The molecule has 0 aliphatic heterocycles. The molecule has 2 rings (SSSR count). The summed E-state index contributed by atoms with van der Waals surface area (Å²) in [5.74, 6) is 1.21. The van der Waals surface area contributed by atoms with Crippen molar-refractivity contribution in [1.82, 2.24) is 0 Å². The first kappa shape index (κ1) is 31.5. The second-order valence-electron chi connectivity index (χ2n) is 9.07. The van der Waals surface area contributed by atoms with Crippen LogP contribution in [0, 0.1) is 0 Å². The number of ether oxygens (including phenoxy) is 1. The van der Waals surface area contributed by atoms with Crippen molar-refractivity contribution in [3.63, 3.8) is 0 Å². The molecule has 0 unspecified atom stereocenters. The molecule has 2 aromatic carbocycles. The van der Waals surface area contributed by atoms with Gasteiger partial charge in [-0.25, -0.2) is 16.8 Å². The molecule has 0 atom stereocenters. The zero-order chi connectivity index (χ0) is 29.2. The Morgan fingerprint density at radius 2 is 1.33 bits per heavy atom. The summed E-state index contributed by atoms with van der Waals surface area (Å²) in [4.78, 5) is 0.703. The molecule has 0 bridgehead atoms. The molecule has 0 N–H and O–H groups in total. The highest BCUT2D eigenvalue weighted by Gasteiger charge is 2.18. The lowest BCUT2D eigenvalue weighted by molar-refractivity contribution is 0.428. The number of para-hydroxylation sites is 1. The lowest BCUT2D eigenvalue weighted by Gasteiger charge is -2.08. The molecule has 0 amide bonds. The van der Waals surface area contributed by atoms with Gasteiger partial charge < -0.3 is 4.74 Å². The van der Waals surface area contributed by atoms with Gasteiger partial charge in [-0.2, -0.15) is 0 Å². The molecule has 0 aliphatic carbocycles. The van der Waals surface area contributed by atoms with Crippen LogP contribution in [0.3, 0.4) is 0 Å². The van der Waals surface area contributed by atoms with Gasteiger partial charge in [0.15, 0.2) is 0 Å². The van der Waals surface area contributed by atoms with Crippen LogP contribution in [0.5, 0.6) is 5.75 Å². The number of hydrogen-bond acceptors (Lipinski definition) is 5. The maximum atomic E-state index is 13.1. The summed E-state index contributed by atoms with van der Waals surface area (Å²) in [6.07, 6.45) is 11.1. The average molecular weight is 565 g/mol. The second-order valence-corrected chi connectivity index (χ2v) is 13.3. The molecule has 206 valence electrons. The quantitative estimate of drug-likeness (QED) is 0.204. The SMILES string of the molecule is C=C(/C=C\C(=C/C)S(=O)(=O)/C(C)=C/C=C(\C)Oc1ccccc1)c1ccc(S(=O)(=O)/C(C)=C/C=C(C)C)cc1. The molecule has 0 spiro atoms. The summed E-state index contributed by atoms with van der Waals surface area (Å²) < 4.78 is 57.6. The molecule has 0 aromatic heterocycles. The summed E-state index contributed by atoms with van der Waals surface area (Å²) in [6.45, 7) is 14.3. The van der Waals surface area contributed by atoms with E-state index in [-0.39, 0.29) is 19.6 Å². The van der Waals surface area contributed by atoms with Crippen molar-refractivity contribution in [3.8, 4) is 5.75 Å². The Labute approximate surface area is 233 Å². The van der Waals surface area contributed by atoms with E-state index in [4.69, 9.17) is 4.74 Å². The maximum Gasteiger partial charge on any atom is 0.202 e. The van der Waals surface area contributed by atoms with Crippen molar-refractivity contribution in [3.05, 3.63) is 135 Å². The summed E-state index contributed by atoms with van der Waals surface area (Å²) in [7, 11) is -7.35. The van der Waals surface area contributed by atoms with Crippen molar-refractivity contribution >= 4 is 25.2 Å². The Hall–Kier alpha value is -3.68. The molecule has 5 nitrogen and oxygen atoms in total. The molecule has 0 saturated heterocycles. The molecule has 0 aliphatic rings. The third kappa shape index (κ3) is 8.94. The third-order valence-electron chi connectivity index (χ3n) is 5.65. The molecule has 0 heterocycles. The molecule has 0 radical (unpaired) electrons. The predicted octanol–water partition coefficient (Wildman–Crippen LogP) is 8.10. The minimum Gasteiger partial charge on any atom is -0.462 e. The summed E-state index contributed by atoms with van der Waals surface area (Å²) in [6, 6.07) is 15.6. The third-order valence-corrected chi connectivity index (χ3v) is 9.51. The fourth-order valence-corrected chi connectivity index (χ4v) is 5.54. The molecule has 2 aromatic rings. The molecular formula is C32H36O5S2. The lowest BCUT2D eigenvalue weighted by Crippen LogP contribution is -2.04. The first-order valence-electron chi connectivity index (χ1n) is 12.3. The molecule has 0 fully saturated rings. The van der Waals surface area contributed by atoms with Crippen molar-refractivity contribution in [2.45, 2.75) is 46.4 Å². The minimum absolute atomic E-state index is 0.117. The van der Waals surface area contributed by atoms with Crippen LogP contribution in [-0.2, 0) is 19.7 Å². The Morgan fingerprint density at radius 1 is 0.744 bits per heavy atom. The summed E-state index contributed by atoms with van der Waals surface area (Å²) in [5.41, 5.74) is 2.21. The highest BCUT2D eigenvalue weighted by Crippen LogP contribution is 2.24. The maximum absolute atomic E-state index is 13.1. The molecule has 0 saturated carbocycles. The standard InChI is InChI=1S/C32H36O5S2/c1-8-31(38(33,34)28(7)18-16-26(5)37-30-12-10-9-11-13-30)21-15-25(4)29-19-22-32(23-20-29)39(35,36)27(6)17-14-24(2)3/h8-23H,4H2,1-3,5-7H3/b21-15-,26-16+,27-17+,28-18+,31-8+. The smallest absolute Gasteiger partial charge is 0.202 e. The monoisotopic (exact) mass is 564 g/mol. The molecule has 39 heavy (non-hydrogen) atoms. The lowest BCUT2D eigenvalue weighted by atomic mass is 10.1. The van der Waals surface area contributed by atoms with Crippen LogP contribution in [-0.4, -0.2) is 16.8 Å². The number of rotatable bonds is 11. The van der Waals surface area contributed by atoms with Crippen molar-refractivity contribution in [2.75, 3.05) is 0 Å². The van der Waals surface area contributed by atoms with E-state index >= 15 is 0 Å². The van der Waals surface area contributed by atoms with Gasteiger partial charge in [-0.05, 0) is 101 Å². The van der Waals surface area contributed by atoms with Crippen LogP contribution < -0.4 is 4.74 Å². The van der Waals surface area contributed by atoms with Gasteiger partial charge in [0.05, 0.1) is 9.80 Å². The largest absolute Gasteiger partial charge is 0.462 e. The van der Waals surface area contributed by atoms with Gasteiger partial charge in [0.2, 0.25) is 19.7 Å². The number of benzene rings is 2. The van der Waals surface area contributed by atoms with E-state index in [1.165, 1.54) is 37.3 Å².